The molecule has 0 amide bonds. The van der Waals surface area contributed by atoms with E-state index in [-0.39, 0.29) is 5.82 Å². The molecule has 1 aromatic rings. The molecule has 0 radical (unpaired) electrons. The quantitative estimate of drug-likeness (QED) is 0.671. The van der Waals surface area contributed by atoms with Gasteiger partial charge in [-0.1, -0.05) is 48.0 Å². The third kappa shape index (κ3) is 4.06. The molecule has 0 aliphatic heterocycles. The van der Waals surface area contributed by atoms with Crippen molar-refractivity contribution >= 4 is 15.9 Å². The molecule has 0 spiro atoms. The van der Waals surface area contributed by atoms with E-state index in [0.717, 1.165) is 30.3 Å². The summed E-state index contributed by atoms with van der Waals surface area (Å²) in [4.78, 5) is 2.21. The van der Waals surface area contributed by atoms with Gasteiger partial charge in [-0.05, 0) is 31.4 Å². The lowest BCUT2D eigenvalue weighted by Crippen LogP contribution is -2.36. The lowest BCUT2D eigenvalue weighted by molar-refractivity contribution is 0.178. The van der Waals surface area contributed by atoms with Gasteiger partial charge >= 0.3 is 0 Å². The molecule has 102 valence electrons. The molecule has 1 nitrogen and oxygen atoms in total. The van der Waals surface area contributed by atoms with Crippen molar-refractivity contribution in [2.45, 2.75) is 33.2 Å². The second-order valence-corrected chi connectivity index (χ2v) is 5.67. The van der Waals surface area contributed by atoms with E-state index in [9.17, 15) is 4.39 Å². The molecule has 0 heterocycles. The molecule has 0 aromatic heterocycles. The normalized spacial score (nSPS) is 12.1. The average molecular weight is 316 g/mol. The smallest absolute Gasteiger partial charge is 0.127 e. The van der Waals surface area contributed by atoms with E-state index in [4.69, 9.17) is 0 Å². The number of rotatable bonds is 7. The van der Waals surface area contributed by atoms with Crippen molar-refractivity contribution in [2.24, 2.45) is 5.41 Å². The van der Waals surface area contributed by atoms with Crippen LogP contribution in [-0.2, 0) is 6.54 Å². The SMILES string of the molecule is CCC(CC)(CBr)CN(C)Cc1ccccc1F. The Hall–Kier alpha value is -0.410. The molecule has 0 aliphatic carbocycles. The van der Waals surface area contributed by atoms with Crippen molar-refractivity contribution in [1.29, 1.82) is 0 Å². The van der Waals surface area contributed by atoms with Crippen molar-refractivity contribution in [3.05, 3.63) is 35.6 Å². The van der Waals surface area contributed by atoms with Crippen LogP contribution >= 0.6 is 15.9 Å². The van der Waals surface area contributed by atoms with Crippen molar-refractivity contribution in [2.75, 3.05) is 18.9 Å². The van der Waals surface area contributed by atoms with Gasteiger partial charge in [-0.3, -0.25) is 0 Å². The topological polar surface area (TPSA) is 3.24 Å². The fourth-order valence-corrected chi connectivity index (χ4v) is 3.22. The molecule has 0 saturated carbocycles. The molecule has 18 heavy (non-hydrogen) atoms. The van der Waals surface area contributed by atoms with Gasteiger partial charge in [0, 0.05) is 24.0 Å². The van der Waals surface area contributed by atoms with Crippen molar-refractivity contribution < 1.29 is 4.39 Å². The second kappa shape index (κ2) is 7.25. The third-order valence-electron chi connectivity index (χ3n) is 3.79. The van der Waals surface area contributed by atoms with E-state index in [2.05, 4.69) is 41.7 Å². The van der Waals surface area contributed by atoms with Crippen LogP contribution in [0.1, 0.15) is 32.3 Å². The van der Waals surface area contributed by atoms with Gasteiger partial charge in [-0.15, -0.1) is 0 Å². The zero-order chi connectivity index (χ0) is 13.6. The Morgan fingerprint density at radius 3 is 2.33 bits per heavy atom. The largest absolute Gasteiger partial charge is 0.301 e. The maximum atomic E-state index is 13.6. The zero-order valence-corrected chi connectivity index (χ0v) is 13.1. The van der Waals surface area contributed by atoms with Gasteiger partial charge < -0.3 is 4.90 Å². The second-order valence-electron chi connectivity index (χ2n) is 5.10. The van der Waals surface area contributed by atoms with Crippen LogP contribution in [0.15, 0.2) is 24.3 Å². The highest BCUT2D eigenvalue weighted by molar-refractivity contribution is 9.09. The predicted molar refractivity (Wildman–Crippen MR) is 79.5 cm³/mol. The van der Waals surface area contributed by atoms with Gasteiger partial charge in [0.15, 0.2) is 0 Å². The predicted octanol–water partition coefficient (Wildman–Crippen LogP) is 4.46. The fourth-order valence-electron chi connectivity index (χ4n) is 2.25. The van der Waals surface area contributed by atoms with Crippen LogP contribution in [-0.4, -0.2) is 23.8 Å². The lowest BCUT2D eigenvalue weighted by Gasteiger charge is -2.34. The molecule has 0 atom stereocenters. The maximum Gasteiger partial charge on any atom is 0.127 e. The van der Waals surface area contributed by atoms with Gasteiger partial charge in [0.2, 0.25) is 0 Å². The Morgan fingerprint density at radius 2 is 1.83 bits per heavy atom. The minimum absolute atomic E-state index is 0.109. The Balaban J connectivity index is 2.66. The molecule has 1 rings (SSSR count). The highest BCUT2D eigenvalue weighted by Crippen LogP contribution is 2.30. The molecular formula is C15H23BrFN. The summed E-state index contributed by atoms with van der Waals surface area (Å²) >= 11 is 3.62. The first-order valence-corrected chi connectivity index (χ1v) is 7.67. The van der Waals surface area contributed by atoms with Crippen LogP contribution in [0.2, 0.25) is 0 Å². The summed E-state index contributed by atoms with van der Waals surface area (Å²) in [5.74, 6) is -0.109. The van der Waals surface area contributed by atoms with E-state index < -0.39 is 0 Å². The highest BCUT2D eigenvalue weighted by Gasteiger charge is 2.26. The van der Waals surface area contributed by atoms with Gasteiger partial charge in [0.05, 0.1) is 0 Å². The minimum Gasteiger partial charge on any atom is -0.301 e. The lowest BCUT2D eigenvalue weighted by atomic mass is 9.84. The van der Waals surface area contributed by atoms with Gasteiger partial charge in [-0.2, -0.15) is 0 Å². The maximum absolute atomic E-state index is 13.6. The molecule has 3 heteroatoms. The Labute approximate surface area is 119 Å². The van der Waals surface area contributed by atoms with Crippen molar-refractivity contribution in [3.8, 4) is 0 Å². The van der Waals surface area contributed by atoms with Crippen LogP contribution in [0.5, 0.6) is 0 Å². The number of benzene rings is 1. The number of hydrogen-bond acceptors (Lipinski definition) is 1. The van der Waals surface area contributed by atoms with Crippen molar-refractivity contribution in [3.63, 3.8) is 0 Å². The van der Waals surface area contributed by atoms with Crippen molar-refractivity contribution in [1.82, 2.24) is 4.90 Å². The first kappa shape index (κ1) is 15.6. The van der Waals surface area contributed by atoms with Crippen LogP contribution in [0.3, 0.4) is 0 Å². The summed E-state index contributed by atoms with van der Waals surface area (Å²) in [6.07, 6.45) is 2.27. The Bertz CT molecular complexity index is 355. The zero-order valence-electron chi connectivity index (χ0n) is 11.5. The summed E-state index contributed by atoms with van der Waals surface area (Å²) in [6.45, 7) is 6.10. The average Bonchev–Trinajstić information content (AvgIpc) is 2.39. The number of hydrogen-bond donors (Lipinski definition) is 0. The van der Waals surface area contributed by atoms with Gasteiger partial charge in [0.1, 0.15) is 5.82 Å². The van der Waals surface area contributed by atoms with Crippen LogP contribution in [0, 0.1) is 11.2 Å². The first-order valence-electron chi connectivity index (χ1n) is 6.55. The molecule has 0 N–H and O–H groups in total. The Kier molecular flexibility index (Phi) is 6.30. The van der Waals surface area contributed by atoms with Gasteiger partial charge in [0.25, 0.3) is 0 Å². The van der Waals surface area contributed by atoms with E-state index >= 15 is 0 Å². The molecule has 0 bridgehead atoms. The molecule has 1 aromatic carbocycles. The third-order valence-corrected chi connectivity index (χ3v) is 4.98. The van der Waals surface area contributed by atoms with Crippen LogP contribution < -0.4 is 0 Å². The van der Waals surface area contributed by atoms with E-state index in [1.807, 2.05) is 12.1 Å². The van der Waals surface area contributed by atoms with Gasteiger partial charge in [-0.25, -0.2) is 4.39 Å². The van der Waals surface area contributed by atoms with E-state index in [1.54, 1.807) is 6.07 Å². The summed E-state index contributed by atoms with van der Waals surface area (Å²) in [6, 6.07) is 7.02. The first-order chi connectivity index (χ1) is 8.56. The Morgan fingerprint density at radius 1 is 1.22 bits per heavy atom. The summed E-state index contributed by atoms with van der Waals surface area (Å²) < 4.78 is 13.6. The van der Waals surface area contributed by atoms with E-state index in [1.165, 1.54) is 6.07 Å². The molecule has 0 saturated heterocycles. The number of halogens is 2. The standard InChI is InChI=1S/C15H23BrFN/c1-4-15(5-2,11-16)12-18(3)10-13-8-6-7-9-14(13)17/h6-9H,4-5,10-12H2,1-3H3. The highest BCUT2D eigenvalue weighted by atomic mass is 79.9. The molecule has 0 aliphatic rings. The molecular weight excluding hydrogens is 293 g/mol. The fraction of sp³-hybridized carbons (Fsp3) is 0.600. The van der Waals surface area contributed by atoms with Crippen LogP contribution in [0.4, 0.5) is 4.39 Å². The molecule has 0 unspecified atom stereocenters. The minimum atomic E-state index is -0.109. The summed E-state index contributed by atoms with van der Waals surface area (Å²) in [5, 5.41) is 0.995. The summed E-state index contributed by atoms with van der Waals surface area (Å²) in [5.41, 5.74) is 1.07. The summed E-state index contributed by atoms with van der Waals surface area (Å²) in [7, 11) is 2.06. The monoisotopic (exact) mass is 315 g/mol. The van der Waals surface area contributed by atoms with Crippen LogP contribution in [0.25, 0.3) is 0 Å². The van der Waals surface area contributed by atoms with E-state index in [0.29, 0.717) is 12.0 Å². The number of alkyl halides is 1. The number of nitrogens with zero attached hydrogens (tertiary/aromatic N) is 1. The molecule has 0 fully saturated rings.